The quantitative estimate of drug-likeness (QED) is 0.930. The highest BCUT2D eigenvalue weighted by atomic mass is 16.5. The van der Waals surface area contributed by atoms with Gasteiger partial charge in [0.1, 0.15) is 11.3 Å². The van der Waals surface area contributed by atoms with Crippen LogP contribution in [0.5, 0.6) is 5.75 Å². The number of methoxy groups -OCH3 is 1. The number of aromatic nitrogens is 1. The maximum atomic E-state index is 12.3. The maximum absolute atomic E-state index is 12.3. The lowest BCUT2D eigenvalue weighted by molar-refractivity contribution is 0.0693. The average molecular weight is 273 g/mol. The van der Waals surface area contributed by atoms with Crippen molar-refractivity contribution in [1.82, 2.24) is 4.57 Å². The Morgan fingerprint density at radius 3 is 2.55 bits per heavy atom. The predicted octanol–water partition coefficient (Wildman–Crippen LogP) is 2.16. The second-order valence-electron chi connectivity index (χ2n) is 4.53. The third-order valence-electron chi connectivity index (χ3n) is 3.11. The van der Waals surface area contributed by atoms with Crippen LogP contribution >= 0.6 is 0 Å². The Hall–Kier alpha value is -2.56. The highest BCUT2D eigenvalue weighted by Gasteiger charge is 2.16. The summed E-state index contributed by atoms with van der Waals surface area (Å²) in [6.45, 7) is 3.49. The monoisotopic (exact) mass is 273 g/mol. The molecule has 0 radical (unpaired) electrons. The van der Waals surface area contributed by atoms with Gasteiger partial charge in [-0.1, -0.05) is 6.07 Å². The molecule has 1 aromatic heterocycles. The fraction of sp³-hybridized carbons (Fsp3) is 0.200. The van der Waals surface area contributed by atoms with Gasteiger partial charge in [-0.05, 0) is 43.2 Å². The van der Waals surface area contributed by atoms with Crippen molar-refractivity contribution in [2.75, 3.05) is 7.11 Å². The van der Waals surface area contributed by atoms with Gasteiger partial charge < -0.3 is 9.84 Å². The van der Waals surface area contributed by atoms with Crippen LogP contribution < -0.4 is 10.3 Å². The lowest BCUT2D eigenvalue weighted by atomic mass is 10.1. The van der Waals surface area contributed by atoms with E-state index in [4.69, 9.17) is 9.84 Å². The van der Waals surface area contributed by atoms with Crippen molar-refractivity contribution in [3.63, 3.8) is 0 Å². The van der Waals surface area contributed by atoms with Crippen molar-refractivity contribution < 1.29 is 14.6 Å². The van der Waals surface area contributed by atoms with Crippen LogP contribution in [0, 0.1) is 13.8 Å². The molecule has 5 nitrogen and oxygen atoms in total. The van der Waals surface area contributed by atoms with E-state index in [1.165, 1.54) is 11.7 Å². The first-order chi connectivity index (χ1) is 9.45. The Morgan fingerprint density at radius 1 is 1.25 bits per heavy atom. The van der Waals surface area contributed by atoms with Crippen LogP contribution in [0.2, 0.25) is 0 Å². The molecule has 104 valence electrons. The van der Waals surface area contributed by atoms with E-state index in [1.54, 1.807) is 31.3 Å². The van der Waals surface area contributed by atoms with Crippen molar-refractivity contribution in [2.24, 2.45) is 0 Å². The van der Waals surface area contributed by atoms with Gasteiger partial charge in [-0.25, -0.2) is 4.79 Å². The molecular formula is C15H15NO4. The fourth-order valence-electron chi connectivity index (χ4n) is 2.06. The number of ether oxygens (including phenoxy) is 1. The van der Waals surface area contributed by atoms with Crippen LogP contribution in [0.3, 0.4) is 0 Å². The van der Waals surface area contributed by atoms with Crippen molar-refractivity contribution in [3.8, 4) is 11.4 Å². The Kier molecular flexibility index (Phi) is 3.61. The van der Waals surface area contributed by atoms with Crippen molar-refractivity contribution in [2.45, 2.75) is 13.8 Å². The lowest BCUT2D eigenvalue weighted by Crippen LogP contribution is -2.26. The molecule has 2 rings (SSSR count). The molecule has 1 heterocycles. The fourth-order valence-corrected chi connectivity index (χ4v) is 2.06. The second-order valence-corrected chi connectivity index (χ2v) is 4.53. The highest BCUT2D eigenvalue weighted by Crippen LogP contribution is 2.23. The predicted molar refractivity (Wildman–Crippen MR) is 75.0 cm³/mol. The summed E-state index contributed by atoms with van der Waals surface area (Å²) in [5, 5.41) is 9.15. The second kappa shape index (κ2) is 5.21. The van der Waals surface area contributed by atoms with Gasteiger partial charge in [-0.15, -0.1) is 0 Å². The number of hydrogen-bond acceptors (Lipinski definition) is 3. The van der Waals surface area contributed by atoms with E-state index in [-0.39, 0.29) is 5.56 Å². The SMILES string of the molecule is COc1ccc(C)cc1-n1ccc(C)c(C(=O)O)c1=O. The third-order valence-corrected chi connectivity index (χ3v) is 3.11. The summed E-state index contributed by atoms with van der Waals surface area (Å²) in [4.78, 5) is 23.5. The summed E-state index contributed by atoms with van der Waals surface area (Å²) in [6.07, 6.45) is 1.56. The zero-order chi connectivity index (χ0) is 14.9. The molecule has 0 atom stereocenters. The molecule has 1 aromatic carbocycles. The summed E-state index contributed by atoms with van der Waals surface area (Å²) in [6, 6.07) is 6.99. The van der Waals surface area contributed by atoms with Gasteiger partial charge >= 0.3 is 5.97 Å². The summed E-state index contributed by atoms with van der Waals surface area (Å²) in [5.74, 6) is -0.716. The molecule has 0 saturated carbocycles. The number of benzene rings is 1. The minimum absolute atomic E-state index is 0.226. The van der Waals surface area contributed by atoms with Crippen LogP contribution in [0.25, 0.3) is 5.69 Å². The summed E-state index contributed by atoms with van der Waals surface area (Å²) >= 11 is 0. The molecule has 0 aliphatic heterocycles. The van der Waals surface area contributed by atoms with Gasteiger partial charge in [0.05, 0.1) is 12.8 Å². The number of pyridine rings is 1. The minimum Gasteiger partial charge on any atom is -0.495 e. The number of carbonyl (C=O) groups is 1. The van der Waals surface area contributed by atoms with Crippen LogP contribution in [0.1, 0.15) is 21.5 Å². The van der Waals surface area contributed by atoms with Gasteiger partial charge in [0.25, 0.3) is 5.56 Å². The Bertz CT molecular complexity index is 731. The van der Waals surface area contributed by atoms with Crippen LogP contribution in [-0.2, 0) is 0 Å². The number of aromatic carboxylic acids is 1. The normalized spacial score (nSPS) is 10.3. The standard InChI is InChI=1S/C15H15NO4/c1-9-4-5-12(20-3)11(8-9)16-7-6-10(2)13(14(16)17)15(18)19/h4-8H,1-3H3,(H,18,19). The van der Waals surface area contributed by atoms with Crippen LogP contribution in [-0.4, -0.2) is 22.8 Å². The number of nitrogens with zero attached hydrogens (tertiary/aromatic N) is 1. The van der Waals surface area contributed by atoms with Crippen molar-refractivity contribution in [1.29, 1.82) is 0 Å². The molecule has 0 amide bonds. The molecule has 20 heavy (non-hydrogen) atoms. The molecule has 0 aliphatic carbocycles. The number of hydrogen-bond donors (Lipinski definition) is 1. The first-order valence-corrected chi connectivity index (χ1v) is 6.06. The maximum Gasteiger partial charge on any atom is 0.341 e. The zero-order valence-corrected chi connectivity index (χ0v) is 11.5. The molecule has 5 heteroatoms. The van der Waals surface area contributed by atoms with Crippen LogP contribution in [0.15, 0.2) is 35.3 Å². The van der Waals surface area contributed by atoms with Crippen molar-refractivity contribution >= 4 is 5.97 Å². The topological polar surface area (TPSA) is 68.5 Å². The van der Waals surface area contributed by atoms with Gasteiger partial charge in [0, 0.05) is 6.20 Å². The minimum atomic E-state index is -1.23. The molecule has 0 spiro atoms. The first-order valence-electron chi connectivity index (χ1n) is 6.06. The molecule has 1 N–H and O–H groups in total. The lowest BCUT2D eigenvalue weighted by Gasteiger charge is -2.13. The summed E-state index contributed by atoms with van der Waals surface area (Å²) in [5.41, 5.74) is 1.12. The number of carboxylic acids is 1. The molecule has 2 aromatic rings. The van der Waals surface area contributed by atoms with E-state index in [0.717, 1.165) is 5.56 Å². The van der Waals surface area contributed by atoms with E-state index in [2.05, 4.69) is 0 Å². The Balaban J connectivity index is 2.78. The van der Waals surface area contributed by atoms with E-state index in [1.807, 2.05) is 13.0 Å². The molecule has 0 aliphatic rings. The van der Waals surface area contributed by atoms with Gasteiger partial charge in [-0.3, -0.25) is 9.36 Å². The Labute approximate surface area is 116 Å². The number of rotatable bonds is 3. The molecule has 0 fully saturated rings. The van der Waals surface area contributed by atoms with Gasteiger partial charge in [-0.2, -0.15) is 0 Å². The van der Waals surface area contributed by atoms with E-state index in [0.29, 0.717) is 17.0 Å². The Morgan fingerprint density at radius 2 is 1.95 bits per heavy atom. The first kappa shape index (κ1) is 13.9. The van der Waals surface area contributed by atoms with E-state index in [9.17, 15) is 9.59 Å². The number of aryl methyl sites for hydroxylation is 2. The highest BCUT2D eigenvalue weighted by molar-refractivity contribution is 5.88. The molecular weight excluding hydrogens is 258 g/mol. The smallest absolute Gasteiger partial charge is 0.341 e. The van der Waals surface area contributed by atoms with Gasteiger partial charge in [0.2, 0.25) is 0 Å². The van der Waals surface area contributed by atoms with E-state index < -0.39 is 11.5 Å². The molecule has 0 unspecified atom stereocenters. The van der Waals surface area contributed by atoms with Crippen molar-refractivity contribution in [3.05, 3.63) is 57.5 Å². The zero-order valence-electron chi connectivity index (χ0n) is 11.5. The largest absolute Gasteiger partial charge is 0.495 e. The summed E-state index contributed by atoms with van der Waals surface area (Å²) < 4.78 is 6.53. The van der Waals surface area contributed by atoms with Gasteiger partial charge in [0.15, 0.2) is 0 Å². The summed E-state index contributed by atoms with van der Waals surface area (Å²) in [7, 11) is 1.51. The van der Waals surface area contributed by atoms with Crippen LogP contribution in [0.4, 0.5) is 0 Å². The average Bonchev–Trinajstić information content (AvgIpc) is 2.38. The third kappa shape index (κ3) is 2.30. The molecule has 0 saturated heterocycles. The van der Waals surface area contributed by atoms with E-state index >= 15 is 0 Å². The molecule has 0 bridgehead atoms. The number of carboxylic acid groups (broad SMARTS) is 1.